The zero-order valence-corrected chi connectivity index (χ0v) is 11.8. The summed E-state index contributed by atoms with van der Waals surface area (Å²) in [6.07, 6.45) is 1.08. The van der Waals surface area contributed by atoms with Crippen LogP contribution >= 0.6 is 0 Å². The molecule has 2 aromatic carbocycles. The van der Waals surface area contributed by atoms with Crippen molar-refractivity contribution in [2.75, 3.05) is 0 Å². The van der Waals surface area contributed by atoms with Crippen molar-refractivity contribution in [1.82, 2.24) is 0 Å². The molecule has 2 nitrogen and oxygen atoms in total. The third-order valence-corrected chi connectivity index (χ3v) is 3.52. The summed E-state index contributed by atoms with van der Waals surface area (Å²) in [4.78, 5) is 0. The first-order valence-electron chi connectivity index (χ1n) is 6.81. The lowest BCUT2D eigenvalue weighted by Crippen LogP contribution is -1.96. The van der Waals surface area contributed by atoms with Crippen LogP contribution in [0.1, 0.15) is 37.3 Å². The molecule has 0 aliphatic heterocycles. The third kappa shape index (κ3) is 3.17. The average Bonchev–Trinajstić information content (AvgIpc) is 2.47. The number of aliphatic hydroxyl groups excluding tert-OH is 1. The van der Waals surface area contributed by atoms with Crippen molar-refractivity contribution in [3.63, 3.8) is 0 Å². The number of halogens is 1. The summed E-state index contributed by atoms with van der Waals surface area (Å²) in [6.45, 7) is 3.94. The SMILES string of the molecule is CCC(C)c1ccc(Oc2cccc(F)c2CO)cc1. The number of hydrogen-bond donors (Lipinski definition) is 1. The fourth-order valence-corrected chi connectivity index (χ4v) is 2.02. The van der Waals surface area contributed by atoms with Gasteiger partial charge in [0.05, 0.1) is 12.2 Å². The number of benzene rings is 2. The lowest BCUT2D eigenvalue weighted by molar-refractivity contribution is 0.270. The van der Waals surface area contributed by atoms with Crippen LogP contribution in [0.15, 0.2) is 42.5 Å². The fourth-order valence-electron chi connectivity index (χ4n) is 2.02. The van der Waals surface area contributed by atoms with E-state index in [0.29, 0.717) is 17.4 Å². The Balaban J connectivity index is 2.20. The van der Waals surface area contributed by atoms with Crippen molar-refractivity contribution < 1.29 is 14.2 Å². The van der Waals surface area contributed by atoms with E-state index in [9.17, 15) is 9.50 Å². The second kappa shape index (κ2) is 6.53. The van der Waals surface area contributed by atoms with Crippen LogP contribution in [-0.4, -0.2) is 5.11 Å². The number of ether oxygens (including phenoxy) is 1. The van der Waals surface area contributed by atoms with Gasteiger partial charge in [-0.25, -0.2) is 4.39 Å². The lowest BCUT2D eigenvalue weighted by atomic mass is 9.99. The van der Waals surface area contributed by atoms with Crippen molar-refractivity contribution in [1.29, 1.82) is 0 Å². The first-order chi connectivity index (χ1) is 9.65. The Kier molecular flexibility index (Phi) is 4.74. The molecule has 0 saturated carbocycles. The second-order valence-electron chi connectivity index (χ2n) is 4.86. The van der Waals surface area contributed by atoms with Crippen LogP contribution in [0, 0.1) is 5.82 Å². The fraction of sp³-hybridized carbons (Fsp3) is 0.294. The van der Waals surface area contributed by atoms with Crippen LogP contribution in [0.5, 0.6) is 11.5 Å². The molecule has 0 heterocycles. The molecule has 1 atom stereocenters. The van der Waals surface area contributed by atoms with Gasteiger partial charge in [-0.2, -0.15) is 0 Å². The van der Waals surface area contributed by atoms with Crippen molar-refractivity contribution in [3.8, 4) is 11.5 Å². The summed E-state index contributed by atoms with van der Waals surface area (Å²) in [5.41, 5.74) is 1.43. The van der Waals surface area contributed by atoms with Crippen molar-refractivity contribution in [2.24, 2.45) is 0 Å². The predicted octanol–water partition coefficient (Wildman–Crippen LogP) is 4.62. The minimum Gasteiger partial charge on any atom is -0.457 e. The molecule has 0 spiro atoms. The Bertz CT molecular complexity index is 564. The molecule has 0 aliphatic carbocycles. The molecule has 0 fully saturated rings. The van der Waals surface area contributed by atoms with E-state index < -0.39 is 5.82 Å². The predicted molar refractivity (Wildman–Crippen MR) is 77.5 cm³/mol. The largest absolute Gasteiger partial charge is 0.457 e. The third-order valence-electron chi connectivity index (χ3n) is 3.52. The van der Waals surface area contributed by atoms with E-state index in [1.807, 2.05) is 24.3 Å². The molecule has 0 aromatic heterocycles. The first-order valence-corrected chi connectivity index (χ1v) is 6.81. The zero-order chi connectivity index (χ0) is 14.5. The van der Waals surface area contributed by atoms with E-state index in [-0.39, 0.29) is 12.2 Å². The smallest absolute Gasteiger partial charge is 0.135 e. The first kappa shape index (κ1) is 14.5. The number of aliphatic hydroxyl groups is 1. The maximum atomic E-state index is 13.5. The van der Waals surface area contributed by atoms with Crippen LogP contribution in [-0.2, 0) is 6.61 Å². The van der Waals surface area contributed by atoms with Gasteiger partial charge in [0.1, 0.15) is 17.3 Å². The molecule has 0 bridgehead atoms. The van der Waals surface area contributed by atoms with Gasteiger partial charge in [0.15, 0.2) is 0 Å². The van der Waals surface area contributed by atoms with Crippen molar-refractivity contribution in [2.45, 2.75) is 32.8 Å². The second-order valence-corrected chi connectivity index (χ2v) is 4.86. The van der Waals surface area contributed by atoms with Gasteiger partial charge in [0, 0.05) is 0 Å². The molecule has 2 aromatic rings. The van der Waals surface area contributed by atoms with E-state index in [2.05, 4.69) is 13.8 Å². The Hall–Kier alpha value is -1.87. The monoisotopic (exact) mass is 274 g/mol. The molecule has 0 aliphatic rings. The van der Waals surface area contributed by atoms with Gasteiger partial charge in [-0.3, -0.25) is 0 Å². The highest BCUT2D eigenvalue weighted by Crippen LogP contribution is 2.28. The van der Waals surface area contributed by atoms with Crippen molar-refractivity contribution >= 4 is 0 Å². The van der Waals surface area contributed by atoms with E-state index in [0.717, 1.165) is 6.42 Å². The maximum absolute atomic E-state index is 13.5. The Labute approximate surface area is 118 Å². The summed E-state index contributed by atoms with van der Waals surface area (Å²) in [5.74, 6) is 1.04. The molecule has 106 valence electrons. The summed E-state index contributed by atoms with van der Waals surface area (Å²) in [6, 6.07) is 12.3. The Morgan fingerprint density at radius 1 is 1.15 bits per heavy atom. The molecule has 0 radical (unpaired) electrons. The average molecular weight is 274 g/mol. The van der Waals surface area contributed by atoms with Crippen LogP contribution in [0.3, 0.4) is 0 Å². The molecular formula is C17H19FO2. The minimum absolute atomic E-state index is 0.179. The summed E-state index contributed by atoms with van der Waals surface area (Å²) >= 11 is 0. The quantitative estimate of drug-likeness (QED) is 0.861. The van der Waals surface area contributed by atoms with Crippen LogP contribution in [0.4, 0.5) is 4.39 Å². The number of rotatable bonds is 5. The standard InChI is InChI=1S/C17H19FO2/c1-3-12(2)13-7-9-14(10-8-13)20-17-6-4-5-16(18)15(17)11-19/h4-10,12,19H,3,11H2,1-2H3. The van der Waals surface area contributed by atoms with Gasteiger partial charge in [-0.05, 0) is 42.2 Å². The van der Waals surface area contributed by atoms with E-state index >= 15 is 0 Å². The summed E-state index contributed by atoms with van der Waals surface area (Å²) in [7, 11) is 0. The van der Waals surface area contributed by atoms with Crippen LogP contribution < -0.4 is 4.74 Å². The van der Waals surface area contributed by atoms with Gasteiger partial charge in [-0.1, -0.05) is 32.0 Å². The molecule has 2 rings (SSSR count). The summed E-state index contributed by atoms with van der Waals surface area (Å²) in [5, 5.41) is 9.21. The van der Waals surface area contributed by atoms with E-state index in [4.69, 9.17) is 4.74 Å². The van der Waals surface area contributed by atoms with Gasteiger partial charge in [0.2, 0.25) is 0 Å². The topological polar surface area (TPSA) is 29.5 Å². The van der Waals surface area contributed by atoms with E-state index in [1.54, 1.807) is 12.1 Å². The highest BCUT2D eigenvalue weighted by molar-refractivity contribution is 5.39. The number of hydrogen-bond acceptors (Lipinski definition) is 2. The summed E-state index contributed by atoms with van der Waals surface area (Å²) < 4.78 is 19.2. The Morgan fingerprint density at radius 3 is 2.45 bits per heavy atom. The highest BCUT2D eigenvalue weighted by Gasteiger charge is 2.10. The van der Waals surface area contributed by atoms with Crippen LogP contribution in [0.2, 0.25) is 0 Å². The molecule has 0 amide bonds. The highest BCUT2D eigenvalue weighted by atomic mass is 19.1. The normalized spacial score (nSPS) is 12.2. The zero-order valence-electron chi connectivity index (χ0n) is 11.8. The molecule has 1 N–H and O–H groups in total. The lowest BCUT2D eigenvalue weighted by Gasteiger charge is -2.12. The molecule has 1 unspecified atom stereocenters. The molecule has 20 heavy (non-hydrogen) atoms. The molecule has 0 saturated heterocycles. The van der Waals surface area contributed by atoms with Crippen molar-refractivity contribution in [3.05, 3.63) is 59.4 Å². The minimum atomic E-state index is -0.457. The van der Waals surface area contributed by atoms with Gasteiger partial charge >= 0.3 is 0 Å². The molecular weight excluding hydrogens is 255 g/mol. The van der Waals surface area contributed by atoms with E-state index in [1.165, 1.54) is 11.6 Å². The Morgan fingerprint density at radius 2 is 1.85 bits per heavy atom. The molecule has 3 heteroatoms. The van der Waals surface area contributed by atoms with Gasteiger partial charge < -0.3 is 9.84 Å². The maximum Gasteiger partial charge on any atom is 0.135 e. The van der Waals surface area contributed by atoms with Gasteiger partial charge in [-0.15, -0.1) is 0 Å². The van der Waals surface area contributed by atoms with Gasteiger partial charge in [0.25, 0.3) is 0 Å². The van der Waals surface area contributed by atoms with Crippen LogP contribution in [0.25, 0.3) is 0 Å².